The maximum atomic E-state index is 12.9. The number of rotatable bonds is 2. The molecule has 0 fully saturated rings. The first-order valence-electron chi connectivity index (χ1n) is 4.27. The Kier molecular flexibility index (Phi) is 2.87. The van der Waals surface area contributed by atoms with Crippen molar-refractivity contribution in [1.82, 2.24) is 4.98 Å². The minimum atomic E-state index is -1.51. The summed E-state index contributed by atoms with van der Waals surface area (Å²) in [6.45, 7) is 0. The van der Waals surface area contributed by atoms with Gasteiger partial charge in [0.25, 0.3) is 0 Å². The lowest BCUT2D eigenvalue weighted by molar-refractivity contribution is 0.446. The molecule has 0 N–H and O–H groups in total. The normalized spacial score (nSPS) is 10.8. The van der Waals surface area contributed by atoms with E-state index in [2.05, 4.69) is 4.98 Å². The number of oxazole rings is 1. The average Bonchev–Trinajstić information content (AvgIpc) is 2.73. The van der Waals surface area contributed by atoms with Gasteiger partial charge in [-0.05, 0) is 12.1 Å². The van der Waals surface area contributed by atoms with Gasteiger partial charge in [0.05, 0.1) is 12.1 Å². The molecular weight excluding hydrogens is 243 g/mol. The maximum absolute atomic E-state index is 12.9. The highest BCUT2D eigenvalue weighted by Crippen LogP contribution is 2.24. The largest absolute Gasteiger partial charge is 0.439 e. The summed E-state index contributed by atoms with van der Waals surface area (Å²) in [5.41, 5.74) is 0.0697. The van der Waals surface area contributed by atoms with Crippen LogP contribution >= 0.6 is 11.6 Å². The predicted molar refractivity (Wildman–Crippen MR) is 51.4 cm³/mol. The number of halogens is 4. The molecule has 2 rings (SSSR count). The Hall–Kier alpha value is -1.49. The van der Waals surface area contributed by atoms with Crippen LogP contribution in [0.2, 0.25) is 0 Å². The molecule has 0 aliphatic carbocycles. The summed E-state index contributed by atoms with van der Waals surface area (Å²) in [7, 11) is 0. The summed E-state index contributed by atoms with van der Waals surface area (Å²) < 4.78 is 43.6. The SMILES string of the molecule is Fc1cc(-c2cnc(CCl)o2)cc(F)c1F. The Labute approximate surface area is 93.7 Å². The van der Waals surface area contributed by atoms with Crippen molar-refractivity contribution in [1.29, 1.82) is 0 Å². The summed E-state index contributed by atoms with van der Waals surface area (Å²) >= 11 is 5.45. The average molecular weight is 248 g/mol. The van der Waals surface area contributed by atoms with Gasteiger partial charge in [-0.3, -0.25) is 0 Å². The predicted octanol–water partition coefficient (Wildman–Crippen LogP) is 3.50. The van der Waals surface area contributed by atoms with Gasteiger partial charge in [-0.25, -0.2) is 18.2 Å². The Morgan fingerprint density at radius 3 is 2.31 bits per heavy atom. The minimum absolute atomic E-state index is 0.0478. The van der Waals surface area contributed by atoms with Gasteiger partial charge < -0.3 is 4.42 Å². The number of hydrogen-bond donors (Lipinski definition) is 0. The van der Waals surface area contributed by atoms with Crippen LogP contribution in [-0.4, -0.2) is 4.98 Å². The molecule has 1 aromatic heterocycles. The van der Waals surface area contributed by atoms with Crippen molar-refractivity contribution >= 4 is 11.6 Å². The van der Waals surface area contributed by atoms with Gasteiger partial charge in [-0.2, -0.15) is 0 Å². The van der Waals surface area contributed by atoms with Crippen molar-refractivity contribution < 1.29 is 17.6 Å². The van der Waals surface area contributed by atoms with E-state index in [1.54, 1.807) is 0 Å². The van der Waals surface area contributed by atoms with Crippen LogP contribution < -0.4 is 0 Å². The lowest BCUT2D eigenvalue weighted by Crippen LogP contribution is -1.91. The molecule has 84 valence electrons. The second kappa shape index (κ2) is 4.17. The number of nitrogens with zero attached hydrogens (tertiary/aromatic N) is 1. The molecule has 0 saturated carbocycles. The quantitative estimate of drug-likeness (QED) is 0.600. The molecule has 6 heteroatoms. The van der Waals surface area contributed by atoms with Crippen LogP contribution in [-0.2, 0) is 5.88 Å². The van der Waals surface area contributed by atoms with E-state index in [1.165, 1.54) is 6.20 Å². The molecule has 0 saturated heterocycles. The summed E-state index contributed by atoms with van der Waals surface area (Å²) in [5, 5.41) is 0. The third-order valence-electron chi connectivity index (χ3n) is 1.94. The molecule has 0 aliphatic rings. The van der Waals surface area contributed by atoms with Gasteiger partial charge in [-0.1, -0.05) is 0 Å². The Balaban J connectivity index is 2.48. The van der Waals surface area contributed by atoms with E-state index >= 15 is 0 Å². The standard InChI is InChI=1S/C10H5ClF3NO/c11-3-9-15-4-8(16-9)5-1-6(12)10(14)7(13)2-5/h1-2,4H,3H2. The Bertz CT molecular complexity index is 504. The summed E-state index contributed by atoms with van der Waals surface area (Å²) in [4.78, 5) is 3.76. The zero-order chi connectivity index (χ0) is 11.7. The van der Waals surface area contributed by atoms with Crippen molar-refractivity contribution in [3.05, 3.63) is 41.7 Å². The first-order chi connectivity index (χ1) is 7.61. The van der Waals surface area contributed by atoms with Crippen molar-refractivity contribution in [3.63, 3.8) is 0 Å². The highest BCUT2D eigenvalue weighted by atomic mass is 35.5. The van der Waals surface area contributed by atoms with Crippen LogP contribution in [0.4, 0.5) is 13.2 Å². The number of hydrogen-bond acceptors (Lipinski definition) is 2. The van der Waals surface area contributed by atoms with Crippen molar-refractivity contribution in [2.75, 3.05) is 0 Å². The third kappa shape index (κ3) is 1.90. The Morgan fingerprint density at radius 2 is 1.81 bits per heavy atom. The van der Waals surface area contributed by atoms with Crippen molar-refractivity contribution in [3.8, 4) is 11.3 Å². The van der Waals surface area contributed by atoms with Crippen LogP contribution in [0.1, 0.15) is 5.89 Å². The molecule has 0 bridgehead atoms. The topological polar surface area (TPSA) is 26.0 Å². The van der Waals surface area contributed by atoms with Crippen LogP contribution in [0.3, 0.4) is 0 Å². The first-order valence-corrected chi connectivity index (χ1v) is 4.81. The van der Waals surface area contributed by atoms with Crippen LogP contribution in [0.5, 0.6) is 0 Å². The highest BCUT2D eigenvalue weighted by molar-refractivity contribution is 6.16. The summed E-state index contributed by atoms with van der Waals surface area (Å²) in [6.07, 6.45) is 1.27. The second-order valence-corrected chi connectivity index (χ2v) is 3.27. The van der Waals surface area contributed by atoms with E-state index in [-0.39, 0.29) is 23.1 Å². The molecule has 16 heavy (non-hydrogen) atoms. The molecule has 0 spiro atoms. The lowest BCUT2D eigenvalue weighted by Gasteiger charge is -1.99. The zero-order valence-corrected chi connectivity index (χ0v) is 8.56. The van der Waals surface area contributed by atoms with E-state index < -0.39 is 17.5 Å². The van der Waals surface area contributed by atoms with E-state index in [0.717, 1.165) is 12.1 Å². The van der Waals surface area contributed by atoms with E-state index in [9.17, 15) is 13.2 Å². The van der Waals surface area contributed by atoms with Crippen LogP contribution in [0, 0.1) is 17.5 Å². The zero-order valence-electron chi connectivity index (χ0n) is 7.81. The maximum Gasteiger partial charge on any atom is 0.209 e. The monoisotopic (exact) mass is 247 g/mol. The third-order valence-corrected chi connectivity index (χ3v) is 2.16. The van der Waals surface area contributed by atoms with Gasteiger partial charge in [0.2, 0.25) is 5.89 Å². The van der Waals surface area contributed by atoms with Gasteiger partial charge >= 0.3 is 0 Å². The molecule has 2 aromatic rings. The number of aromatic nitrogens is 1. The smallest absolute Gasteiger partial charge is 0.209 e. The fourth-order valence-electron chi connectivity index (χ4n) is 1.20. The second-order valence-electron chi connectivity index (χ2n) is 3.01. The Morgan fingerprint density at radius 1 is 1.19 bits per heavy atom. The fourth-order valence-corrected chi connectivity index (χ4v) is 1.33. The number of alkyl halides is 1. The molecular formula is C10H5ClF3NO. The highest BCUT2D eigenvalue weighted by Gasteiger charge is 2.14. The van der Waals surface area contributed by atoms with Crippen LogP contribution in [0.25, 0.3) is 11.3 Å². The van der Waals surface area contributed by atoms with Gasteiger partial charge in [-0.15, -0.1) is 11.6 Å². The minimum Gasteiger partial charge on any atom is -0.439 e. The lowest BCUT2D eigenvalue weighted by atomic mass is 10.1. The van der Waals surface area contributed by atoms with E-state index in [1.807, 2.05) is 0 Å². The van der Waals surface area contributed by atoms with Gasteiger partial charge in [0.1, 0.15) is 0 Å². The number of benzene rings is 1. The first kappa shape index (κ1) is 11.0. The van der Waals surface area contributed by atoms with E-state index in [4.69, 9.17) is 16.0 Å². The molecule has 0 aliphatic heterocycles. The van der Waals surface area contributed by atoms with Crippen molar-refractivity contribution in [2.45, 2.75) is 5.88 Å². The molecule has 1 aromatic carbocycles. The summed E-state index contributed by atoms with van der Waals surface area (Å²) in [5.74, 6) is -3.67. The molecule has 0 amide bonds. The van der Waals surface area contributed by atoms with E-state index in [0.29, 0.717) is 0 Å². The van der Waals surface area contributed by atoms with Gasteiger partial charge in [0, 0.05) is 5.56 Å². The van der Waals surface area contributed by atoms with Gasteiger partial charge in [0.15, 0.2) is 23.2 Å². The van der Waals surface area contributed by atoms with Crippen LogP contribution in [0.15, 0.2) is 22.7 Å². The molecule has 1 heterocycles. The summed E-state index contributed by atoms with van der Waals surface area (Å²) in [6, 6.07) is 1.66. The van der Waals surface area contributed by atoms with Crippen molar-refractivity contribution in [2.24, 2.45) is 0 Å². The fraction of sp³-hybridized carbons (Fsp3) is 0.100. The molecule has 0 atom stereocenters. The molecule has 2 nitrogen and oxygen atoms in total. The molecule has 0 unspecified atom stereocenters. The molecule has 0 radical (unpaired) electrons.